The highest BCUT2D eigenvalue weighted by molar-refractivity contribution is 5.81. The van der Waals surface area contributed by atoms with E-state index in [-0.39, 0.29) is 10.8 Å². The van der Waals surface area contributed by atoms with Gasteiger partial charge in [-0.05, 0) is 22.8 Å². The number of esters is 1. The number of carbonyl (C=O) groups is 1. The van der Waals surface area contributed by atoms with Gasteiger partial charge in [0.15, 0.2) is 6.23 Å². The minimum atomic E-state index is -0.772. The molecule has 0 saturated carbocycles. The van der Waals surface area contributed by atoms with Crippen molar-refractivity contribution in [3.05, 3.63) is 48.0 Å². The lowest BCUT2D eigenvalue weighted by molar-refractivity contribution is -0.143. The van der Waals surface area contributed by atoms with Gasteiger partial charge in [0.1, 0.15) is 0 Å². The van der Waals surface area contributed by atoms with Gasteiger partial charge in [-0.3, -0.25) is 5.73 Å². The van der Waals surface area contributed by atoms with Crippen molar-refractivity contribution < 1.29 is 9.53 Å². The van der Waals surface area contributed by atoms with E-state index in [9.17, 15) is 4.79 Å². The van der Waals surface area contributed by atoms with Gasteiger partial charge < -0.3 is 4.74 Å². The molecule has 0 aliphatic carbocycles. The number of carbonyl (C=O) groups excluding carboxylic acids is 1. The number of hydrogen-bond acceptors (Lipinski definition) is 3. The quantitative estimate of drug-likeness (QED) is 0.504. The van der Waals surface area contributed by atoms with Crippen molar-refractivity contribution in [2.24, 2.45) is 11.1 Å². The zero-order valence-electron chi connectivity index (χ0n) is 13.8. The van der Waals surface area contributed by atoms with E-state index < -0.39 is 12.2 Å². The molecule has 0 saturated heterocycles. The van der Waals surface area contributed by atoms with E-state index >= 15 is 0 Å². The van der Waals surface area contributed by atoms with E-state index in [1.807, 2.05) is 18.2 Å². The molecule has 0 aliphatic rings. The highest BCUT2D eigenvalue weighted by atomic mass is 16.6. The van der Waals surface area contributed by atoms with Gasteiger partial charge in [0, 0.05) is 11.6 Å². The molecule has 1 aromatic rings. The van der Waals surface area contributed by atoms with E-state index in [0.29, 0.717) is 0 Å². The van der Waals surface area contributed by atoms with Crippen LogP contribution in [0.15, 0.2) is 36.9 Å². The van der Waals surface area contributed by atoms with Gasteiger partial charge in [0.25, 0.3) is 0 Å². The smallest absolute Gasteiger partial charge is 0.331 e. The normalized spacial score (nSPS) is 13.6. The molecule has 0 aromatic heterocycles. The number of nitrogens with two attached hydrogens (primary N) is 1. The summed E-state index contributed by atoms with van der Waals surface area (Å²) in [5.74, 6) is -0.508. The lowest BCUT2D eigenvalue weighted by Gasteiger charge is -2.35. The predicted octanol–water partition coefficient (Wildman–Crippen LogP) is 4.09. The van der Waals surface area contributed by atoms with Crippen LogP contribution in [0.4, 0.5) is 0 Å². The number of rotatable bonds is 5. The van der Waals surface area contributed by atoms with Crippen molar-refractivity contribution in [3.8, 4) is 0 Å². The van der Waals surface area contributed by atoms with Crippen LogP contribution in [0.3, 0.4) is 0 Å². The Bertz CT molecular complexity index is 512. The molecule has 1 aromatic carbocycles. The first kappa shape index (κ1) is 17.4. The van der Waals surface area contributed by atoms with Gasteiger partial charge in [-0.2, -0.15) is 0 Å². The fourth-order valence-electron chi connectivity index (χ4n) is 3.02. The number of ether oxygens (including phenoxy) is 1. The Hall–Kier alpha value is -1.61. The Labute approximate surface area is 128 Å². The summed E-state index contributed by atoms with van der Waals surface area (Å²) in [6, 6.07) is 7.88. The molecule has 2 N–H and O–H groups in total. The third-order valence-corrected chi connectivity index (χ3v) is 3.38. The van der Waals surface area contributed by atoms with Gasteiger partial charge in [-0.1, -0.05) is 65.5 Å². The number of benzene rings is 1. The van der Waals surface area contributed by atoms with Crippen molar-refractivity contribution in [2.45, 2.75) is 52.7 Å². The van der Waals surface area contributed by atoms with Crippen LogP contribution in [0.5, 0.6) is 0 Å². The van der Waals surface area contributed by atoms with Gasteiger partial charge in [0.05, 0.1) is 0 Å². The van der Waals surface area contributed by atoms with Crippen LogP contribution < -0.4 is 5.73 Å². The van der Waals surface area contributed by atoms with Gasteiger partial charge in [-0.15, -0.1) is 0 Å². The molecule has 1 rings (SSSR count). The third-order valence-electron chi connectivity index (χ3n) is 3.38. The summed E-state index contributed by atoms with van der Waals surface area (Å²) in [7, 11) is 0. The van der Waals surface area contributed by atoms with Gasteiger partial charge in [-0.25, -0.2) is 4.79 Å². The van der Waals surface area contributed by atoms with Crippen molar-refractivity contribution in [2.75, 3.05) is 0 Å². The van der Waals surface area contributed by atoms with Crippen LogP contribution in [0, 0.1) is 5.41 Å². The summed E-state index contributed by atoms with van der Waals surface area (Å²) in [6.07, 6.45) is 1.35. The standard InChI is InChI=1S/C18H27NO2/c1-7-15(20)21-16(19)13-10-8-9-11-14(13)18(5,6)12-17(2,3)4/h7-11,16H,1,12,19H2,2-6H3. The minimum Gasteiger partial charge on any atom is -0.439 e. The predicted molar refractivity (Wildman–Crippen MR) is 86.8 cm³/mol. The molecular formula is C18H27NO2. The molecule has 0 radical (unpaired) electrons. The maximum absolute atomic E-state index is 11.4. The Balaban J connectivity index is 3.14. The molecule has 0 heterocycles. The second-order valence-corrected chi connectivity index (χ2v) is 7.27. The molecule has 1 unspecified atom stereocenters. The summed E-state index contributed by atoms with van der Waals surface area (Å²) in [6.45, 7) is 14.4. The topological polar surface area (TPSA) is 52.3 Å². The molecule has 0 amide bonds. The Kier molecular flexibility index (Phi) is 5.35. The molecule has 1 atom stereocenters. The summed E-state index contributed by atoms with van der Waals surface area (Å²) >= 11 is 0. The Morgan fingerprint density at radius 1 is 1.29 bits per heavy atom. The first-order chi connectivity index (χ1) is 9.57. The maximum atomic E-state index is 11.4. The van der Waals surface area contributed by atoms with Crippen molar-refractivity contribution in [1.82, 2.24) is 0 Å². The maximum Gasteiger partial charge on any atom is 0.331 e. The van der Waals surface area contributed by atoms with Crippen LogP contribution in [-0.4, -0.2) is 5.97 Å². The van der Waals surface area contributed by atoms with Crippen molar-refractivity contribution >= 4 is 5.97 Å². The lowest BCUT2D eigenvalue weighted by atomic mass is 9.71. The van der Waals surface area contributed by atoms with Crippen molar-refractivity contribution in [1.29, 1.82) is 0 Å². The molecule has 116 valence electrons. The van der Waals surface area contributed by atoms with Crippen LogP contribution in [0.1, 0.15) is 58.4 Å². The average Bonchev–Trinajstić information content (AvgIpc) is 2.35. The fourth-order valence-corrected chi connectivity index (χ4v) is 3.02. The molecule has 3 heteroatoms. The fraction of sp³-hybridized carbons (Fsp3) is 0.500. The lowest BCUT2D eigenvalue weighted by Crippen LogP contribution is -2.29. The highest BCUT2D eigenvalue weighted by Gasteiger charge is 2.30. The van der Waals surface area contributed by atoms with E-state index in [1.165, 1.54) is 0 Å². The van der Waals surface area contributed by atoms with Gasteiger partial charge >= 0.3 is 5.97 Å². The zero-order valence-corrected chi connectivity index (χ0v) is 13.8. The number of hydrogen-bond donors (Lipinski definition) is 1. The van der Waals surface area contributed by atoms with Crippen molar-refractivity contribution in [3.63, 3.8) is 0 Å². The monoisotopic (exact) mass is 289 g/mol. The summed E-state index contributed by atoms with van der Waals surface area (Å²) in [5.41, 5.74) is 8.14. The average molecular weight is 289 g/mol. The first-order valence-electron chi connectivity index (χ1n) is 7.25. The van der Waals surface area contributed by atoms with Crippen LogP contribution in [0.2, 0.25) is 0 Å². The summed E-state index contributed by atoms with van der Waals surface area (Å²) in [5, 5.41) is 0. The van der Waals surface area contributed by atoms with Crippen LogP contribution in [-0.2, 0) is 14.9 Å². The highest BCUT2D eigenvalue weighted by Crippen LogP contribution is 2.38. The molecule has 0 fully saturated rings. The molecule has 0 bridgehead atoms. The molecule has 0 spiro atoms. The van der Waals surface area contributed by atoms with E-state index in [0.717, 1.165) is 23.6 Å². The van der Waals surface area contributed by atoms with E-state index in [4.69, 9.17) is 10.5 Å². The second kappa shape index (κ2) is 6.44. The first-order valence-corrected chi connectivity index (χ1v) is 7.25. The minimum absolute atomic E-state index is 0.0625. The van der Waals surface area contributed by atoms with E-state index in [2.05, 4.69) is 47.3 Å². The molecular weight excluding hydrogens is 262 g/mol. The SMILES string of the molecule is C=CC(=O)OC(N)c1ccccc1C(C)(C)CC(C)(C)C. The van der Waals surface area contributed by atoms with Crippen LogP contribution in [0.25, 0.3) is 0 Å². The Morgan fingerprint density at radius 3 is 2.38 bits per heavy atom. The zero-order chi connectivity index (χ0) is 16.3. The molecule has 3 nitrogen and oxygen atoms in total. The Morgan fingerprint density at radius 2 is 1.86 bits per heavy atom. The molecule has 21 heavy (non-hydrogen) atoms. The van der Waals surface area contributed by atoms with Crippen LogP contribution >= 0.6 is 0 Å². The molecule has 0 aliphatic heterocycles. The summed E-state index contributed by atoms with van der Waals surface area (Å²) < 4.78 is 5.17. The second-order valence-electron chi connectivity index (χ2n) is 7.27. The largest absolute Gasteiger partial charge is 0.439 e. The summed E-state index contributed by atoms with van der Waals surface area (Å²) in [4.78, 5) is 11.4. The third kappa shape index (κ3) is 5.01. The van der Waals surface area contributed by atoms with E-state index in [1.54, 1.807) is 0 Å². The van der Waals surface area contributed by atoms with Gasteiger partial charge in [0.2, 0.25) is 0 Å².